The molecule has 0 aliphatic carbocycles. The highest BCUT2D eigenvalue weighted by Gasteiger charge is 2.15. The summed E-state index contributed by atoms with van der Waals surface area (Å²) in [6.07, 6.45) is 8.30. The number of thiophene rings is 1. The van der Waals surface area contributed by atoms with Crippen LogP contribution < -0.4 is 5.32 Å². The van der Waals surface area contributed by atoms with Crippen molar-refractivity contribution < 1.29 is 0 Å². The number of hydrogen-bond acceptors (Lipinski definition) is 5. The summed E-state index contributed by atoms with van der Waals surface area (Å²) < 4.78 is 2.06. The normalized spacial score (nSPS) is 12.8. The number of rotatable bonds is 4. The second-order valence-electron chi connectivity index (χ2n) is 4.76. The molecule has 20 heavy (non-hydrogen) atoms. The van der Waals surface area contributed by atoms with Gasteiger partial charge < -0.3 is 9.88 Å². The maximum Gasteiger partial charge on any atom is 0.140 e. The van der Waals surface area contributed by atoms with Crippen LogP contribution in [-0.4, -0.2) is 19.5 Å². The third-order valence-corrected chi connectivity index (χ3v) is 4.66. The van der Waals surface area contributed by atoms with Gasteiger partial charge in [-0.3, -0.25) is 0 Å². The minimum Gasteiger partial charge on any atom is -0.349 e. The first kappa shape index (κ1) is 13.1. The van der Waals surface area contributed by atoms with E-state index in [1.807, 2.05) is 12.5 Å². The van der Waals surface area contributed by atoms with Crippen LogP contribution in [0.4, 0.5) is 5.82 Å². The van der Waals surface area contributed by atoms with Gasteiger partial charge in [-0.05, 0) is 25.8 Å². The lowest BCUT2D eigenvalue weighted by molar-refractivity contribution is 0.543. The molecule has 0 fully saturated rings. The van der Waals surface area contributed by atoms with E-state index in [0.29, 0.717) is 0 Å². The number of hydrogen-bond donors (Lipinski definition) is 1. The summed E-state index contributed by atoms with van der Waals surface area (Å²) in [7, 11) is 0. The van der Waals surface area contributed by atoms with Gasteiger partial charge in [0, 0.05) is 17.3 Å². The lowest BCUT2D eigenvalue weighted by atomic mass is 10.2. The highest BCUT2D eigenvalue weighted by atomic mass is 32.1. The molecule has 0 saturated heterocycles. The van der Waals surface area contributed by atoms with Gasteiger partial charge in [0.25, 0.3) is 0 Å². The van der Waals surface area contributed by atoms with E-state index >= 15 is 0 Å². The second-order valence-corrected chi connectivity index (χ2v) is 5.97. The average Bonchev–Trinajstić information content (AvgIpc) is 3.06. The molecule has 0 aliphatic rings. The molecule has 0 spiro atoms. The fraction of sp³-hybridized carbons (Fsp3) is 0.357. The standard InChI is InChI=1S/C14H17N5S/c1-4-11(19-6-5-15-8-19)18-13-12-9(2)10(3)20-14(12)17-7-16-13/h5-8,11H,4H2,1-3H3,(H,16,17,18). The van der Waals surface area contributed by atoms with E-state index in [1.165, 1.54) is 10.4 Å². The Kier molecular flexibility index (Phi) is 3.40. The summed E-state index contributed by atoms with van der Waals surface area (Å²) in [5.74, 6) is 0.900. The Morgan fingerprint density at radius 3 is 2.90 bits per heavy atom. The molecule has 3 aromatic heterocycles. The van der Waals surface area contributed by atoms with Gasteiger partial charge in [0.05, 0.1) is 11.7 Å². The summed E-state index contributed by atoms with van der Waals surface area (Å²) in [4.78, 5) is 15.2. The summed E-state index contributed by atoms with van der Waals surface area (Å²) in [6.45, 7) is 6.39. The maximum atomic E-state index is 4.43. The molecular formula is C14H17N5S. The summed E-state index contributed by atoms with van der Waals surface area (Å²) in [6, 6.07) is 0. The number of anilines is 1. The first-order valence-electron chi connectivity index (χ1n) is 6.65. The fourth-order valence-electron chi connectivity index (χ4n) is 2.29. The molecule has 0 radical (unpaired) electrons. The number of aryl methyl sites for hydroxylation is 2. The molecule has 0 aliphatic heterocycles. The number of imidazole rings is 1. The van der Waals surface area contributed by atoms with E-state index in [1.54, 1.807) is 23.9 Å². The smallest absolute Gasteiger partial charge is 0.140 e. The van der Waals surface area contributed by atoms with Crippen molar-refractivity contribution in [2.45, 2.75) is 33.4 Å². The van der Waals surface area contributed by atoms with Crippen molar-refractivity contribution in [3.05, 3.63) is 35.5 Å². The molecule has 0 aromatic carbocycles. The topological polar surface area (TPSA) is 55.6 Å². The highest BCUT2D eigenvalue weighted by Crippen LogP contribution is 2.33. The Morgan fingerprint density at radius 1 is 1.35 bits per heavy atom. The van der Waals surface area contributed by atoms with Gasteiger partial charge in [0.15, 0.2) is 0 Å². The van der Waals surface area contributed by atoms with Crippen LogP contribution in [0.15, 0.2) is 25.0 Å². The van der Waals surface area contributed by atoms with Crippen molar-refractivity contribution in [1.29, 1.82) is 0 Å². The Bertz CT molecular complexity index is 717. The second kappa shape index (κ2) is 5.20. The number of nitrogens with one attached hydrogen (secondary N) is 1. The number of fused-ring (bicyclic) bond motifs is 1. The van der Waals surface area contributed by atoms with Gasteiger partial charge in [0.2, 0.25) is 0 Å². The predicted molar refractivity (Wildman–Crippen MR) is 82.1 cm³/mol. The molecule has 1 N–H and O–H groups in total. The van der Waals surface area contributed by atoms with Gasteiger partial charge in [-0.1, -0.05) is 6.92 Å². The van der Waals surface area contributed by atoms with Crippen LogP contribution in [0.1, 0.15) is 30.0 Å². The van der Waals surface area contributed by atoms with Crippen LogP contribution in [0.25, 0.3) is 10.2 Å². The fourth-order valence-corrected chi connectivity index (χ4v) is 3.29. The Balaban J connectivity index is 2.02. The SMILES string of the molecule is CCC(Nc1ncnc2sc(C)c(C)c12)n1ccnc1. The predicted octanol–water partition coefficient (Wildman–Crippen LogP) is 3.53. The maximum absolute atomic E-state index is 4.43. The van der Waals surface area contributed by atoms with E-state index in [-0.39, 0.29) is 6.17 Å². The van der Waals surface area contributed by atoms with Crippen molar-refractivity contribution in [3.8, 4) is 0 Å². The van der Waals surface area contributed by atoms with Crippen molar-refractivity contribution in [3.63, 3.8) is 0 Å². The summed E-state index contributed by atoms with van der Waals surface area (Å²) in [5.41, 5.74) is 1.26. The van der Waals surface area contributed by atoms with Crippen molar-refractivity contribution in [2.24, 2.45) is 0 Å². The van der Waals surface area contributed by atoms with Crippen LogP contribution in [0.2, 0.25) is 0 Å². The zero-order valence-corrected chi connectivity index (χ0v) is 12.6. The lowest BCUT2D eigenvalue weighted by Gasteiger charge is -2.19. The van der Waals surface area contributed by atoms with E-state index in [4.69, 9.17) is 0 Å². The molecule has 0 saturated carbocycles. The van der Waals surface area contributed by atoms with Gasteiger partial charge in [-0.2, -0.15) is 0 Å². The van der Waals surface area contributed by atoms with Crippen LogP contribution >= 0.6 is 11.3 Å². The largest absolute Gasteiger partial charge is 0.349 e. The average molecular weight is 287 g/mol. The van der Waals surface area contributed by atoms with E-state index in [0.717, 1.165) is 22.5 Å². The molecule has 0 bridgehead atoms. The monoisotopic (exact) mass is 287 g/mol. The van der Waals surface area contributed by atoms with Crippen molar-refractivity contribution >= 4 is 27.4 Å². The summed E-state index contributed by atoms with van der Waals surface area (Å²) in [5, 5.41) is 4.64. The van der Waals surface area contributed by atoms with Gasteiger partial charge in [0.1, 0.15) is 23.1 Å². The van der Waals surface area contributed by atoms with Gasteiger partial charge in [-0.15, -0.1) is 11.3 Å². The minimum absolute atomic E-state index is 0.148. The third-order valence-electron chi connectivity index (χ3n) is 3.54. The molecule has 1 atom stereocenters. The highest BCUT2D eigenvalue weighted by molar-refractivity contribution is 7.18. The van der Waals surface area contributed by atoms with Crippen LogP contribution in [0.5, 0.6) is 0 Å². The molecule has 104 valence electrons. The number of nitrogens with zero attached hydrogens (tertiary/aromatic N) is 4. The molecular weight excluding hydrogens is 270 g/mol. The first-order chi connectivity index (χ1) is 9.70. The first-order valence-corrected chi connectivity index (χ1v) is 7.47. The van der Waals surface area contributed by atoms with Gasteiger partial charge >= 0.3 is 0 Å². The molecule has 6 heteroatoms. The van der Waals surface area contributed by atoms with E-state index in [2.05, 4.69) is 45.6 Å². The van der Waals surface area contributed by atoms with E-state index in [9.17, 15) is 0 Å². The number of aromatic nitrogens is 4. The Morgan fingerprint density at radius 2 is 2.20 bits per heavy atom. The third kappa shape index (κ3) is 2.16. The quantitative estimate of drug-likeness (QED) is 0.797. The molecule has 1 unspecified atom stereocenters. The Labute approximate surface area is 121 Å². The van der Waals surface area contributed by atoms with E-state index < -0.39 is 0 Å². The molecule has 3 heterocycles. The Hall–Kier alpha value is -1.95. The van der Waals surface area contributed by atoms with Gasteiger partial charge in [-0.25, -0.2) is 15.0 Å². The summed E-state index contributed by atoms with van der Waals surface area (Å²) >= 11 is 1.71. The zero-order valence-electron chi connectivity index (χ0n) is 11.8. The molecule has 5 nitrogen and oxygen atoms in total. The van der Waals surface area contributed by atoms with Crippen LogP contribution in [0, 0.1) is 13.8 Å². The van der Waals surface area contributed by atoms with Crippen LogP contribution in [-0.2, 0) is 0 Å². The molecule has 3 aromatic rings. The van der Waals surface area contributed by atoms with Crippen molar-refractivity contribution in [1.82, 2.24) is 19.5 Å². The zero-order chi connectivity index (χ0) is 14.1. The minimum atomic E-state index is 0.148. The van der Waals surface area contributed by atoms with Crippen molar-refractivity contribution in [2.75, 3.05) is 5.32 Å². The van der Waals surface area contributed by atoms with Crippen LogP contribution in [0.3, 0.4) is 0 Å². The molecule has 3 rings (SSSR count). The molecule has 0 amide bonds. The lowest BCUT2D eigenvalue weighted by Crippen LogP contribution is -2.17.